The lowest BCUT2D eigenvalue weighted by molar-refractivity contribution is -0.137. The molecule has 0 aliphatic heterocycles. The number of carboxylic acids is 1. The normalized spacial score (nSPS) is 10.9. The molecule has 0 atom stereocenters. The third-order valence-electron chi connectivity index (χ3n) is 2.05. The highest BCUT2D eigenvalue weighted by atomic mass is 16.5. The van der Waals surface area contributed by atoms with E-state index in [1.165, 1.54) is 12.2 Å². The average Bonchev–Trinajstić information content (AvgIpc) is 2.35. The highest BCUT2D eigenvalue weighted by molar-refractivity contribution is 5.87. The monoisotopic (exact) mass is 246 g/mol. The van der Waals surface area contributed by atoms with Crippen LogP contribution in [0.4, 0.5) is 0 Å². The fraction of sp³-hybridized carbons (Fsp3) is 0.143. The Morgan fingerprint density at radius 3 is 2.06 bits per heavy atom. The van der Waals surface area contributed by atoms with Crippen LogP contribution in [0, 0.1) is 0 Å². The summed E-state index contributed by atoms with van der Waals surface area (Å²) in [4.78, 5) is 21.4. The number of hydrogen-bond donors (Lipinski definition) is 1. The zero-order valence-corrected chi connectivity index (χ0v) is 10.00. The first-order valence-corrected chi connectivity index (χ1v) is 5.47. The molecule has 4 nitrogen and oxygen atoms in total. The molecule has 94 valence electrons. The van der Waals surface area contributed by atoms with Gasteiger partial charge in [-0.05, 0) is 30.2 Å². The fourth-order valence-corrected chi connectivity index (χ4v) is 1.24. The van der Waals surface area contributed by atoms with E-state index in [1.807, 2.05) is 0 Å². The molecule has 18 heavy (non-hydrogen) atoms. The molecule has 0 aliphatic carbocycles. The van der Waals surface area contributed by atoms with Crippen LogP contribution >= 0.6 is 0 Å². The van der Waals surface area contributed by atoms with Gasteiger partial charge in [0.15, 0.2) is 0 Å². The summed E-state index contributed by atoms with van der Waals surface area (Å²) >= 11 is 0. The molecule has 0 unspecified atom stereocenters. The van der Waals surface area contributed by atoms with E-state index in [-0.39, 0.29) is 5.97 Å². The number of esters is 1. The van der Waals surface area contributed by atoms with Crippen molar-refractivity contribution < 1.29 is 19.4 Å². The van der Waals surface area contributed by atoms with E-state index in [0.29, 0.717) is 6.61 Å². The summed E-state index contributed by atoms with van der Waals surface area (Å²) in [6.07, 6.45) is 5.57. The Labute approximate surface area is 105 Å². The Morgan fingerprint density at radius 2 is 1.61 bits per heavy atom. The summed E-state index contributed by atoms with van der Waals surface area (Å²) in [6, 6.07) is 7.11. The van der Waals surface area contributed by atoms with E-state index in [4.69, 9.17) is 9.84 Å². The summed E-state index contributed by atoms with van der Waals surface area (Å²) < 4.78 is 4.75. The van der Waals surface area contributed by atoms with Crippen LogP contribution in [0.2, 0.25) is 0 Å². The number of aliphatic carboxylic acids is 1. The lowest BCUT2D eigenvalue weighted by Crippen LogP contribution is -1.98. The first kappa shape index (κ1) is 13.7. The third kappa shape index (κ3) is 5.12. The van der Waals surface area contributed by atoms with E-state index < -0.39 is 5.97 Å². The molecular weight excluding hydrogens is 232 g/mol. The molecule has 1 aromatic carbocycles. The molecule has 0 bridgehead atoms. The van der Waals surface area contributed by atoms with E-state index >= 15 is 0 Å². The Balaban J connectivity index is 2.65. The number of hydrogen-bond acceptors (Lipinski definition) is 3. The number of rotatable bonds is 5. The van der Waals surface area contributed by atoms with Crippen molar-refractivity contribution in [3.63, 3.8) is 0 Å². The van der Waals surface area contributed by atoms with Gasteiger partial charge in [-0.2, -0.15) is 0 Å². The summed E-state index contributed by atoms with van der Waals surface area (Å²) in [6.45, 7) is 2.09. The molecule has 0 aliphatic rings. The summed E-state index contributed by atoms with van der Waals surface area (Å²) in [5, 5.41) is 8.48. The van der Waals surface area contributed by atoms with Gasteiger partial charge in [-0.15, -0.1) is 0 Å². The van der Waals surface area contributed by atoms with Crippen LogP contribution in [-0.2, 0) is 14.3 Å². The largest absolute Gasteiger partial charge is 0.478 e. The minimum atomic E-state index is -0.985. The Morgan fingerprint density at radius 1 is 1.11 bits per heavy atom. The van der Waals surface area contributed by atoms with E-state index in [1.54, 1.807) is 37.3 Å². The van der Waals surface area contributed by atoms with E-state index in [9.17, 15) is 9.59 Å². The maximum Gasteiger partial charge on any atom is 0.330 e. The number of benzene rings is 1. The first-order chi connectivity index (χ1) is 8.61. The second-order valence-electron chi connectivity index (χ2n) is 3.42. The fourth-order valence-electron chi connectivity index (χ4n) is 1.24. The van der Waals surface area contributed by atoms with Crippen LogP contribution in [0.1, 0.15) is 18.1 Å². The Hall–Kier alpha value is -2.36. The molecule has 4 heteroatoms. The quantitative estimate of drug-likeness (QED) is 0.640. The van der Waals surface area contributed by atoms with Gasteiger partial charge in [-0.25, -0.2) is 9.59 Å². The number of ether oxygens (including phenoxy) is 1. The van der Waals surface area contributed by atoms with Crippen LogP contribution in [0.5, 0.6) is 0 Å². The topological polar surface area (TPSA) is 63.6 Å². The standard InChI is InChI=1S/C14H14O4/c1-2-18-14(17)10-8-12-5-3-11(4-6-12)7-9-13(15)16/h3-10H,2H2,1H3,(H,15,16)/b9-7+,10-8?. The van der Waals surface area contributed by atoms with Crippen LogP contribution < -0.4 is 0 Å². The first-order valence-electron chi connectivity index (χ1n) is 5.47. The molecule has 0 amide bonds. The summed E-state index contributed by atoms with van der Waals surface area (Å²) in [5.74, 6) is -1.37. The van der Waals surface area contributed by atoms with Crippen molar-refractivity contribution in [2.24, 2.45) is 0 Å². The average molecular weight is 246 g/mol. The molecule has 1 aromatic rings. The summed E-state index contributed by atoms with van der Waals surface area (Å²) in [5.41, 5.74) is 1.63. The Kier molecular flexibility index (Phi) is 5.38. The molecule has 0 spiro atoms. The predicted octanol–water partition coefficient (Wildman–Crippen LogP) is 2.36. The minimum Gasteiger partial charge on any atom is -0.478 e. The second kappa shape index (κ2) is 7.06. The van der Waals surface area contributed by atoms with Crippen LogP contribution in [0.15, 0.2) is 36.4 Å². The molecule has 0 aromatic heterocycles. The van der Waals surface area contributed by atoms with Crippen LogP contribution in [0.3, 0.4) is 0 Å². The zero-order valence-electron chi connectivity index (χ0n) is 10.00. The van der Waals surface area contributed by atoms with E-state index in [2.05, 4.69) is 0 Å². The molecule has 0 saturated heterocycles. The van der Waals surface area contributed by atoms with Gasteiger partial charge >= 0.3 is 11.9 Å². The van der Waals surface area contributed by atoms with Gasteiger partial charge in [0, 0.05) is 12.2 Å². The minimum absolute atomic E-state index is 0.349. The molecule has 0 fully saturated rings. The maximum absolute atomic E-state index is 11.1. The van der Waals surface area contributed by atoms with Gasteiger partial charge in [0.25, 0.3) is 0 Å². The van der Waals surface area contributed by atoms with Gasteiger partial charge in [-0.3, -0.25) is 0 Å². The molecule has 1 rings (SSSR count). The molecular formula is C14H14O4. The molecule has 1 N–H and O–H groups in total. The molecule has 0 saturated carbocycles. The van der Waals surface area contributed by atoms with Crippen LogP contribution in [-0.4, -0.2) is 23.7 Å². The van der Waals surface area contributed by atoms with Gasteiger partial charge in [0.05, 0.1) is 6.61 Å². The lowest BCUT2D eigenvalue weighted by Gasteiger charge is -1.97. The predicted molar refractivity (Wildman–Crippen MR) is 68.8 cm³/mol. The van der Waals surface area contributed by atoms with Gasteiger partial charge < -0.3 is 9.84 Å². The van der Waals surface area contributed by atoms with Gasteiger partial charge in [0.2, 0.25) is 0 Å². The number of carboxylic acid groups (broad SMARTS) is 1. The van der Waals surface area contributed by atoms with Crippen molar-refractivity contribution in [3.8, 4) is 0 Å². The lowest BCUT2D eigenvalue weighted by atomic mass is 10.1. The van der Waals surface area contributed by atoms with Crippen molar-refractivity contribution in [2.45, 2.75) is 6.92 Å². The third-order valence-corrected chi connectivity index (χ3v) is 2.05. The number of carbonyl (C=O) groups is 2. The molecule has 0 heterocycles. The smallest absolute Gasteiger partial charge is 0.330 e. The summed E-state index contributed by atoms with van der Waals surface area (Å²) in [7, 11) is 0. The van der Waals surface area contributed by atoms with Crippen molar-refractivity contribution >= 4 is 24.1 Å². The van der Waals surface area contributed by atoms with Crippen molar-refractivity contribution in [2.75, 3.05) is 6.61 Å². The van der Waals surface area contributed by atoms with Crippen molar-refractivity contribution in [3.05, 3.63) is 47.5 Å². The second-order valence-corrected chi connectivity index (χ2v) is 3.42. The van der Waals surface area contributed by atoms with Crippen LogP contribution in [0.25, 0.3) is 12.2 Å². The zero-order chi connectivity index (χ0) is 13.4. The van der Waals surface area contributed by atoms with Crippen molar-refractivity contribution in [1.82, 2.24) is 0 Å². The maximum atomic E-state index is 11.1. The van der Waals surface area contributed by atoms with Gasteiger partial charge in [0.1, 0.15) is 0 Å². The highest BCUT2D eigenvalue weighted by Gasteiger charge is 1.94. The van der Waals surface area contributed by atoms with E-state index in [0.717, 1.165) is 17.2 Å². The Bertz CT molecular complexity index is 469. The molecule has 0 radical (unpaired) electrons. The van der Waals surface area contributed by atoms with Crippen molar-refractivity contribution in [1.29, 1.82) is 0 Å². The highest BCUT2D eigenvalue weighted by Crippen LogP contribution is 2.08. The SMILES string of the molecule is CCOC(=O)C=Cc1ccc(/C=C/C(=O)O)cc1. The number of carbonyl (C=O) groups excluding carboxylic acids is 1. The van der Waals surface area contributed by atoms with Gasteiger partial charge in [-0.1, -0.05) is 24.3 Å².